The number of nitrogens with zero attached hydrogens (tertiary/aromatic N) is 1. The van der Waals surface area contributed by atoms with E-state index in [0.717, 1.165) is 0 Å². The van der Waals surface area contributed by atoms with Gasteiger partial charge in [-0.1, -0.05) is 0 Å². The fourth-order valence-corrected chi connectivity index (χ4v) is 1.51. The summed E-state index contributed by atoms with van der Waals surface area (Å²) >= 11 is 0. The average Bonchev–Trinajstić information content (AvgIpc) is 2.21. The molecule has 0 rings (SSSR count). The second kappa shape index (κ2) is 8.00. The Hall–Kier alpha value is -1.79. The van der Waals surface area contributed by atoms with Gasteiger partial charge in [-0.3, -0.25) is 14.5 Å². The number of carboxylic acids is 1. The van der Waals surface area contributed by atoms with Crippen LogP contribution in [0.25, 0.3) is 0 Å². The molecule has 0 unspecified atom stereocenters. The van der Waals surface area contributed by atoms with Crippen molar-refractivity contribution < 1.29 is 29.0 Å². The van der Waals surface area contributed by atoms with Crippen LogP contribution in [0, 0.1) is 0 Å². The summed E-state index contributed by atoms with van der Waals surface area (Å²) < 4.78 is 10.4. The van der Waals surface area contributed by atoms with Gasteiger partial charge in [0.2, 0.25) is 0 Å². The van der Waals surface area contributed by atoms with Gasteiger partial charge in [-0.15, -0.1) is 0 Å². The zero-order valence-electron chi connectivity index (χ0n) is 14.3. The van der Waals surface area contributed by atoms with Crippen LogP contribution in [0.5, 0.6) is 0 Å². The Labute approximate surface area is 131 Å². The molecular formula is C15H27NO6. The predicted octanol–water partition coefficient (Wildman–Crippen LogP) is 2.43. The zero-order valence-corrected chi connectivity index (χ0v) is 14.3. The van der Waals surface area contributed by atoms with Gasteiger partial charge in [-0.25, -0.2) is 4.79 Å². The number of carboxylic acid groups (broad SMARTS) is 1. The van der Waals surface area contributed by atoms with Gasteiger partial charge in [-0.05, 0) is 48.0 Å². The highest BCUT2D eigenvalue weighted by Crippen LogP contribution is 2.12. The van der Waals surface area contributed by atoms with Crippen molar-refractivity contribution >= 4 is 18.0 Å². The molecule has 0 saturated heterocycles. The summed E-state index contributed by atoms with van der Waals surface area (Å²) in [5, 5.41) is 8.66. The molecule has 0 radical (unpaired) electrons. The van der Waals surface area contributed by atoms with Crippen LogP contribution in [-0.4, -0.2) is 52.3 Å². The lowest BCUT2D eigenvalue weighted by Gasteiger charge is -2.28. The first-order chi connectivity index (χ1) is 9.80. The van der Waals surface area contributed by atoms with Crippen LogP contribution in [0.15, 0.2) is 0 Å². The number of ether oxygens (including phenoxy) is 2. The first-order valence-electron chi connectivity index (χ1n) is 7.22. The highest BCUT2D eigenvalue weighted by atomic mass is 16.6. The second-order valence-corrected chi connectivity index (χ2v) is 6.99. The fourth-order valence-electron chi connectivity index (χ4n) is 1.51. The maximum Gasteiger partial charge on any atom is 0.410 e. The van der Waals surface area contributed by atoms with Gasteiger partial charge in [-0.2, -0.15) is 0 Å². The van der Waals surface area contributed by atoms with E-state index in [0.29, 0.717) is 0 Å². The Balaban J connectivity index is 4.74. The summed E-state index contributed by atoms with van der Waals surface area (Å²) in [7, 11) is 0. The number of carbonyl (C=O) groups excluding carboxylic acids is 2. The van der Waals surface area contributed by atoms with E-state index in [-0.39, 0.29) is 25.9 Å². The third kappa shape index (κ3) is 10.9. The first kappa shape index (κ1) is 20.2. The van der Waals surface area contributed by atoms with Crippen LogP contribution in [0.1, 0.15) is 54.4 Å². The lowest BCUT2D eigenvalue weighted by atomic mass is 10.2. The maximum atomic E-state index is 12.1. The molecular weight excluding hydrogens is 290 g/mol. The SMILES string of the molecule is CC(C)(C)OC(=O)CN(CCCC(=O)O)C(=O)OC(C)(C)C. The predicted molar refractivity (Wildman–Crippen MR) is 80.5 cm³/mol. The summed E-state index contributed by atoms with van der Waals surface area (Å²) in [4.78, 5) is 35.7. The molecule has 0 aromatic heterocycles. The van der Waals surface area contributed by atoms with E-state index in [4.69, 9.17) is 14.6 Å². The van der Waals surface area contributed by atoms with Crippen LogP contribution in [0.3, 0.4) is 0 Å². The summed E-state index contributed by atoms with van der Waals surface area (Å²) in [6.07, 6.45) is -0.519. The number of carbonyl (C=O) groups is 3. The summed E-state index contributed by atoms with van der Waals surface area (Å²) in [5.41, 5.74) is -1.35. The van der Waals surface area contributed by atoms with Crippen molar-refractivity contribution in [3.8, 4) is 0 Å². The van der Waals surface area contributed by atoms with Crippen LogP contribution < -0.4 is 0 Å². The average molecular weight is 317 g/mol. The minimum absolute atomic E-state index is 0.0897. The van der Waals surface area contributed by atoms with E-state index < -0.39 is 29.2 Å². The van der Waals surface area contributed by atoms with Crippen molar-refractivity contribution in [1.29, 1.82) is 0 Å². The van der Waals surface area contributed by atoms with Crippen LogP contribution in [0.4, 0.5) is 4.79 Å². The quantitative estimate of drug-likeness (QED) is 0.756. The van der Waals surface area contributed by atoms with Crippen molar-refractivity contribution in [2.75, 3.05) is 13.1 Å². The maximum absolute atomic E-state index is 12.1. The lowest BCUT2D eigenvalue weighted by Crippen LogP contribution is -2.42. The third-order valence-corrected chi connectivity index (χ3v) is 2.21. The molecule has 7 heteroatoms. The Morgan fingerprint density at radius 3 is 1.86 bits per heavy atom. The normalized spacial score (nSPS) is 11.7. The van der Waals surface area contributed by atoms with E-state index in [1.807, 2.05) is 0 Å². The molecule has 0 atom stereocenters. The highest BCUT2D eigenvalue weighted by Gasteiger charge is 2.26. The van der Waals surface area contributed by atoms with Crippen LogP contribution >= 0.6 is 0 Å². The molecule has 0 aliphatic heterocycles. The highest BCUT2D eigenvalue weighted by molar-refractivity contribution is 5.78. The summed E-state index contributed by atoms with van der Waals surface area (Å²) in [6.45, 7) is 10.2. The fraction of sp³-hybridized carbons (Fsp3) is 0.800. The Kier molecular flexibility index (Phi) is 7.35. The smallest absolute Gasteiger partial charge is 0.410 e. The minimum atomic E-state index is -0.957. The molecule has 128 valence electrons. The lowest BCUT2D eigenvalue weighted by molar-refractivity contribution is -0.156. The van der Waals surface area contributed by atoms with Crippen molar-refractivity contribution in [3.05, 3.63) is 0 Å². The van der Waals surface area contributed by atoms with E-state index in [1.54, 1.807) is 41.5 Å². The molecule has 22 heavy (non-hydrogen) atoms. The van der Waals surface area contributed by atoms with Gasteiger partial charge in [0.15, 0.2) is 0 Å². The van der Waals surface area contributed by atoms with Gasteiger partial charge in [0, 0.05) is 13.0 Å². The third-order valence-electron chi connectivity index (χ3n) is 2.21. The zero-order chi connectivity index (χ0) is 17.6. The molecule has 7 nitrogen and oxygen atoms in total. The Morgan fingerprint density at radius 2 is 1.45 bits per heavy atom. The number of esters is 1. The van der Waals surface area contributed by atoms with E-state index in [1.165, 1.54) is 4.90 Å². The molecule has 0 aromatic carbocycles. The van der Waals surface area contributed by atoms with Crippen molar-refractivity contribution in [1.82, 2.24) is 4.90 Å². The van der Waals surface area contributed by atoms with Crippen LogP contribution in [-0.2, 0) is 19.1 Å². The molecule has 1 amide bonds. The first-order valence-corrected chi connectivity index (χ1v) is 7.22. The molecule has 1 N–H and O–H groups in total. The van der Waals surface area contributed by atoms with Crippen molar-refractivity contribution in [3.63, 3.8) is 0 Å². The molecule has 0 aromatic rings. The molecule has 0 saturated carbocycles. The van der Waals surface area contributed by atoms with Gasteiger partial charge in [0.1, 0.15) is 17.7 Å². The molecule has 0 fully saturated rings. The number of hydrogen-bond acceptors (Lipinski definition) is 5. The number of amides is 1. The summed E-state index contributed by atoms with van der Waals surface area (Å²) in [5.74, 6) is -1.52. The molecule has 0 spiro atoms. The van der Waals surface area contributed by atoms with Gasteiger partial charge in [0.25, 0.3) is 0 Å². The van der Waals surface area contributed by atoms with E-state index in [2.05, 4.69) is 0 Å². The number of hydrogen-bond donors (Lipinski definition) is 1. The Morgan fingerprint density at radius 1 is 0.955 bits per heavy atom. The molecule has 0 aliphatic rings. The van der Waals surface area contributed by atoms with Gasteiger partial charge in [0.05, 0.1) is 0 Å². The minimum Gasteiger partial charge on any atom is -0.481 e. The number of aliphatic carboxylic acids is 1. The standard InChI is InChI=1S/C15H27NO6/c1-14(2,3)21-12(19)10-16(9-7-8-11(17)18)13(20)22-15(4,5)6/h7-10H2,1-6H3,(H,17,18). The van der Waals surface area contributed by atoms with E-state index >= 15 is 0 Å². The molecule has 0 heterocycles. The topological polar surface area (TPSA) is 93.1 Å². The van der Waals surface area contributed by atoms with Gasteiger partial charge >= 0.3 is 18.0 Å². The van der Waals surface area contributed by atoms with Crippen molar-refractivity contribution in [2.24, 2.45) is 0 Å². The van der Waals surface area contributed by atoms with Crippen LogP contribution in [0.2, 0.25) is 0 Å². The second-order valence-electron chi connectivity index (χ2n) is 6.99. The number of rotatable bonds is 6. The molecule has 0 aliphatic carbocycles. The monoisotopic (exact) mass is 317 g/mol. The van der Waals surface area contributed by atoms with Crippen molar-refractivity contribution in [2.45, 2.75) is 65.6 Å². The molecule has 0 bridgehead atoms. The Bertz CT molecular complexity index is 405. The summed E-state index contributed by atoms with van der Waals surface area (Å²) in [6, 6.07) is 0. The van der Waals surface area contributed by atoms with E-state index in [9.17, 15) is 14.4 Å². The van der Waals surface area contributed by atoms with Gasteiger partial charge < -0.3 is 14.6 Å². The largest absolute Gasteiger partial charge is 0.481 e.